The lowest BCUT2D eigenvalue weighted by molar-refractivity contribution is -0.136. The van der Waals surface area contributed by atoms with Gasteiger partial charge >= 0.3 is 24.1 Å². The van der Waals surface area contributed by atoms with Gasteiger partial charge in [0.15, 0.2) is 0 Å². The zero-order valence-corrected chi connectivity index (χ0v) is 9.72. The summed E-state index contributed by atoms with van der Waals surface area (Å²) in [5, 5.41) is 36.7. The van der Waals surface area contributed by atoms with Gasteiger partial charge in [0.1, 0.15) is 0 Å². The van der Waals surface area contributed by atoms with Crippen molar-refractivity contribution < 1.29 is 44.7 Å². The van der Waals surface area contributed by atoms with E-state index in [0.29, 0.717) is 0 Å². The molecule has 11 N–H and O–H groups in total. The fourth-order valence-electron chi connectivity index (χ4n) is 0. The predicted molar refractivity (Wildman–Crippen MR) is 60.7 cm³/mol. The van der Waals surface area contributed by atoms with Crippen molar-refractivity contribution >= 4 is 24.1 Å². The summed E-state index contributed by atoms with van der Waals surface area (Å²) in [4.78, 5) is 36.3. The van der Waals surface area contributed by atoms with Gasteiger partial charge in [-0.2, -0.15) is 0 Å². The van der Waals surface area contributed by atoms with Crippen molar-refractivity contribution in [2.45, 2.75) is 0 Å². The number of aliphatic carboxylic acids is 3. The van der Waals surface area contributed by atoms with E-state index in [9.17, 15) is 14.4 Å². The number of carboxylic acids is 3. The van der Waals surface area contributed by atoms with Crippen molar-refractivity contribution in [1.82, 2.24) is 0 Å². The third kappa shape index (κ3) is 226. The van der Waals surface area contributed by atoms with Crippen molar-refractivity contribution in [3.8, 4) is 0 Å². The molecule has 0 aliphatic carbocycles. The van der Waals surface area contributed by atoms with Crippen LogP contribution >= 0.6 is 0 Å². The Hall–Kier alpha value is -2.44. The zero-order chi connectivity index (χ0) is 16.4. The topological polar surface area (TPSA) is 247 Å². The van der Waals surface area contributed by atoms with Crippen molar-refractivity contribution in [2.24, 2.45) is 17.2 Å². The maximum Gasteiger partial charge on any atom is 0.503 e. The SMILES string of the molecule is NCC(=O)O.NCC(=O)O.NCC(=O)O.O=C(O)O. The number of rotatable bonds is 3. The molecular formula is C7H17N3O9. The van der Waals surface area contributed by atoms with Gasteiger partial charge in [0.05, 0.1) is 19.6 Å². The van der Waals surface area contributed by atoms with Gasteiger partial charge in [0.25, 0.3) is 0 Å². The Labute approximate surface area is 107 Å². The second-order valence-corrected chi connectivity index (χ2v) is 2.08. The number of nitrogens with two attached hydrogens (primary N) is 3. The second-order valence-electron chi connectivity index (χ2n) is 2.08. The predicted octanol–water partition coefficient (Wildman–Crippen LogP) is -2.69. The Morgan fingerprint density at radius 1 is 0.579 bits per heavy atom. The van der Waals surface area contributed by atoms with E-state index in [2.05, 4.69) is 17.2 Å². The molecule has 0 atom stereocenters. The Morgan fingerprint density at radius 3 is 0.632 bits per heavy atom. The first-order valence-corrected chi connectivity index (χ1v) is 4.22. The average Bonchev–Trinajstić information content (AvgIpc) is 2.29. The van der Waals surface area contributed by atoms with Crippen LogP contribution in [0.4, 0.5) is 4.79 Å². The van der Waals surface area contributed by atoms with Crippen LogP contribution in [0.1, 0.15) is 0 Å². The molecule has 12 heteroatoms. The van der Waals surface area contributed by atoms with Crippen LogP contribution < -0.4 is 17.2 Å². The second kappa shape index (κ2) is 20.9. The first-order chi connectivity index (χ1) is 8.54. The minimum absolute atomic E-state index is 0.278. The summed E-state index contributed by atoms with van der Waals surface area (Å²) < 4.78 is 0. The number of hydrogen-bond acceptors (Lipinski definition) is 7. The van der Waals surface area contributed by atoms with Crippen molar-refractivity contribution in [2.75, 3.05) is 19.6 Å². The van der Waals surface area contributed by atoms with Crippen LogP contribution in [0.25, 0.3) is 0 Å². The summed E-state index contributed by atoms with van der Waals surface area (Å²) in [6.07, 6.45) is -1.83. The average molecular weight is 287 g/mol. The summed E-state index contributed by atoms with van der Waals surface area (Å²) in [6.45, 7) is -0.833. The van der Waals surface area contributed by atoms with E-state index in [4.69, 9.17) is 30.3 Å². The molecule has 0 fully saturated rings. The van der Waals surface area contributed by atoms with Gasteiger partial charge < -0.3 is 42.7 Å². The molecule has 0 aliphatic rings. The van der Waals surface area contributed by atoms with Gasteiger partial charge in [-0.25, -0.2) is 4.79 Å². The van der Waals surface area contributed by atoms with Crippen molar-refractivity contribution in [3.63, 3.8) is 0 Å². The summed E-state index contributed by atoms with van der Waals surface area (Å²) in [5.41, 5.74) is 13.7. The van der Waals surface area contributed by atoms with E-state index in [1.54, 1.807) is 0 Å². The summed E-state index contributed by atoms with van der Waals surface area (Å²) in [5.74, 6) is -2.90. The standard InChI is InChI=1S/3C2H5NO2.CH2O3/c3*3-1-2(4)5;2-1(3)4/h3*1,3H2,(H,4,5);(H2,2,3,4). The van der Waals surface area contributed by atoms with Crippen LogP contribution in [-0.4, -0.2) is 69.2 Å². The highest BCUT2D eigenvalue weighted by molar-refractivity contribution is 5.69. The van der Waals surface area contributed by atoms with Gasteiger partial charge in [-0.05, 0) is 0 Å². The molecule has 0 heterocycles. The normalized spacial score (nSPS) is 7.11. The molecule has 0 rings (SSSR count). The van der Waals surface area contributed by atoms with Gasteiger partial charge in [0, 0.05) is 0 Å². The van der Waals surface area contributed by atoms with Crippen molar-refractivity contribution in [3.05, 3.63) is 0 Å². The molecule has 0 unspecified atom stereocenters. The lowest BCUT2D eigenvalue weighted by Gasteiger charge is -1.73. The summed E-state index contributed by atoms with van der Waals surface area (Å²) >= 11 is 0. The van der Waals surface area contributed by atoms with E-state index in [0.717, 1.165) is 0 Å². The molecule has 0 spiro atoms. The molecule has 0 radical (unpaired) electrons. The van der Waals surface area contributed by atoms with Crippen LogP contribution in [-0.2, 0) is 14.4 Å². The van der Waals surface area contributed by atoms with Gasteiger partial charge in [-0.15, -0.1) is 0 Å². The Morgan fingerprint density at radius 2 is 0.632 bits per heavy atom. The highest BCUT2D eigenvalue weighted by atomic mass is 16.6. The fourth-order valence-corrected chi connectivity index (χ4v) is 0. The number of carbonyl (C=O) groups is 4. The van der Waals surface area contributed by atoms with Crippen LogP contribution in [0.3, 0.4) is 0 Å². The Bertz CT molecular complexity index is 231. The maximum atomic E-state index is 9.24. The molecule has 0 aliphatic heterocycles. The minimum atomic E-state index is -1.83. The highest BCUT2D eigenvalue weighted by Crippen LogP contribution is 1.44. The molecule has 0 saturated heterocycles. The molecule has 0 aromatic carbocycles. The third-order valence-corrected chi connectivity index (χ3v) is 0.524. The molecule has 12 nitrogen and oxygen atoms in total. The monoisotopic (exact) mass is 287 g/mol. The van der Waals surface area contributed by atoms with Crippen LogP contribution in [0.15, 0.2) is 0 Å². The summed E-state index contributed by atoms with van der Waals surface area (Å²) in [7, 11) is 0. The zero-order valence-electron chi connectivity index (χ0n) is 9.72. The molecule has 0 bridgehead atoms. The minimum Gasteiger partial charge on any atom is -0.480 e. The van der Waals surface area contributed by atoms with E-state index in [1.165, 1.54) is 0 Å². The van der Waals surface area contributed by atoms with Gasteiger partial charge in [-0.1, -0.05) is 0 Å². The van der Waals surface area contributed by atoms with Crippen LogP contribution in [0, 0.1) is 0 Å². The van der Waals surface area contributed by atoms with E-state index < -0.39 is 24.1 Å². The molecule has 0 aromatic heterocycles. The molecular weight excluding hydrogens is 270 g/mol. The molecule has 0 saturated carbocycles. The smallest absolute Gasteiger partial charge is 0.480 e. The largest absolute Gasteiger partial charge is 0.503 e. The molecule has 0 amide bonds. The fraction of sp³-hybridized carbons (Fsp3) is 0.429. The first kappa shape index (κ1) is 25.4. The van der Waals surface area contributed by atoms with Crippen molar-refractivity contribution in [1.29, 1.82) is 0 Å². The maximum absolute atomic E-state index is 9.24. The number of carboxylic acid groups (broad SMARTS) is 5. The first-order valence-electron chi connectivity index (χ1n) is 4.22. The lowest BCUT2D eigenvalue weighted by atomic mass is 10.7. The Kier molecular flexibility index (Phi) is 28.0. The van der Waals surface area contributed by atoms with E-state index in [-0.39, 0.29) is 19.6 Å². The Balaban J connectivity index is -0.0000000793. The lowest BCUT2D eigenvalue weighted by Crippen LogP contribution is -2.10. The van der Waals surface area contributed by atoms with Gasteiger partial charge in [0.2, 0.25) is 0 Å². The molecule has 114 valence electrons. The molecule has 0 aromatic rings. The van der Waals surface area contributed by atoms with E-state index >= 15 is 0 Å². The third-order valence-electron chi connectivity index (χ3n) is 0.524. The quantitative estimate of drug-likeness (QED) is 0.264. The summed E-state index contributed by atoms with van der Waals surface area (Å²) in [6, 6.07) is 0. The van der Waals surface area contributed by atoms with Crippen LogP contribution in [0.2, 0.25) is 0 Å². The van der Waals surface area contributed by atoms with Gasteiger partial charge in [-0.3, -0.25) is 14.4 Å². The molecule has 19 heavy (non-hydrogen) atoms. The van der Waals surface area contributed by atoms with Crippen LogP contribution in [0.5, 0.6) is 0 Å². The van der Waals surface area contributed by atoms with E-state index in [1.807, 2.05) is 0 Å². The number of hydrogen-bond donors (Lipinski definition) is 8. The highest BCUT2D eigenvalue weighted by Gasteiger charge is 1.81.